The summed E-state index contributed by atoms with van der Waals surface area (Å²) in [4.78, 5) is 27.2. The number of hydrogen-bond acceptors (Lipinski definition) is 3. The Hall–Kier alpha value is -2.94. The fourth-order valence-electron chi connectivity index (χ4n) is 5.41. The minimum absolute atomic E-state index is 0.0201. The second-order valence-corrected chi connectivity index (χ2v) is 8.71. The van der Waals surface area contributed by atoms with Crippen LogP contribution in [-0.4, -0.2) is 16.7 Å². The molecule has 3 heteroatoms. The molecule has 2 aliphatic rings. The summed E-state index contributed by atoms with van der Waals surface area (Å²) in [6.45, 7) is 11.4. The van der Waals surface area contributed by atoms with Crippen molar-refractivity contribution in [3.8, 4) is 5.75 Å². The molecule has 0 fully saturated rings. The molecule has 2 aromatic carbocycles. The van der Waals surface area contributed by atoms with Crippen LogP contribution in [0.3, 0.4) is 0 Å². The Bertz CT molecular complexity index is 1150. The van der Waals surface area contributed by atoms with E-state index in [0.29, 0.717) is 17.6 Å². The summed E-state index contributed by atoms with van der Waals surface area (Å²) in [5, 5.41) is 12.0. The number of phenols is 1. The first kappa shape index (κ1) is 19.4. The zero-order valence-corrected chi connectivity index (χ0v) is 17.4. The van der Waals surface area contributed by atoms with Gasteiger partial charge in [-0.1, -0.05) is 62.9 Å². The molecule has 0 saturated carbocycles. The van der Waals surface area contributed by atoms with Gasteiger partial charge in [0.1, 0.15) is 5.75 Å². The monoisotopic (exact) mass is 386 g/mol. The maximum Gasteiger partial charge on any atom is 0.166 e. The van der Waals surface area contributed by atoms with E-state index in [1.165, 1.54) is 0 Å². The molecule has 0 aromatic heterocycles. The van der Waals surface area contributed by atoms with E-state index in [1.807, 2.05) is 44.2 Å². The average Bonchev–Trinajstić information content (AvgIpc) is 2.73. The van der Waals surface area contributed by atoms with Crippen LogP contribution in [0.2, 0.25) is 0 Å². The van der Waals surface area contributed by atoms with Gasteiger partial charge in [-0.3, -0.25) is 9.59 Å². The second kappa shape index (κ2) is 6.28. The van der Waals surface area contributed by atoms with Crippen molar-refractivity contribution in [2.75, 3.05) is 0 Å². The Kier molecular flexibility index (Phi) is 4.20. The highest BCUT2D eigenvalue weighted by Crippen LogP contribution is 2.62. The van der Waals surface area contributed by atoms with E-state index in [4.69, 9.17) is 0 Å². The zero-order valence-electron chi connectivity index (χ0n) is 17.4. The Balaban J connectivity index is 2.10. The highest BCUT2D eigenvalue weighted by molar-refractivity contribution is 6.17. The Morgan fingerprint density at radius 2 is 1.62 bits per heavy atom. The van der Waals surface area contributed by atoms with Crippen molar-refractivity contribution < 1.29 is 14.7 Å². The molecule has 0 heterocycles. The van der Waals surface area contributed by atoms with E-state index in [0.717, 1.165) is 21.9 Å². The second-order valence-electron chi connectivity index (χ2n) is 8.71. The lowest BCUT2D eigenvalue weighted by molar-refractivity contribution is -0.147. The maximum absolute atomic E-state index is 13.8. The molecule has 0 spiro atoms. The molecule has 0 saturated heterocycles. The van der Waals surface area contributed by atoms with Crippen molar-refractivity contribution >= 4 is 22.3 Å². The van der Waals surface area contributed by atoms with E-state index >= 15 is 0 Å². The number of ketones is 2. The summed E-state index contributed by atoms with van der Waals surface area (Å²) in [6, 6.07) is 11.2. The van der Waals surface area contributed by atoms with Crippen molar-refractivity contribution in [1.29, 1.82) is 0 Å². The van der Waals surface area contributed by atoms with Crippen molar-refractivity contribution in [3.63, 3.8) is 0 Å². The van der Waals surface area contributed by atoms with E-state index in [2.05, 4.69) is 12.7 Å². The predicted octanol–water partition coefficient (Wildman–Crippen LogP) is 5.65. The number of phenolic OH excluding ortho intramolecular Hbond substituents is 1. The van der Waals surface area contributed by atoms with Crippen molar-refractivity contribution in [2.24, 2.45) is 10.8 Å². The first-order valence-corrected chi connectivity index (χ1v) is 9.98. The quantitative estimate of drug-likeness (QED) is 0.726. The zero-order chi connectivity index (χ0) is 21.1. The van der Waals surface area contributed by atoms with Gasteiger partial charge in [0.2, 0.25) is 0 Å². The van der Waals surface area contributed by atoms with Crippen LogP contribution in [0, 0.1) is 10.8 Å². The van der Waals surface area contributed by atoms with E-state index in [1.54, 1.807) is 26.0 Å². The van der Waals surface area contributed by atoms with Gasteiger partial charge < -0.3 is 5.11 Å². The molecule has 0 amide bonds. The molecule has 3 nitrogen and oxygen atoms in total. The average molecular weight is 386 g/mol. The van der Waals surface area contributed by atoms with E-state index in [-0.39, 0.29) is 23.2 Å². The largest absolute Gasteiger partial charge is 0.507 e. The highest BCUT2D eigenvalue weighted by Gasteiger charge is 2.63. The van der Waals surface area contributed by atoms with Crippen molar-refractivity contribution in [3.05, 3.63) is 77.4 Å². The third kappa shape index (κ3) is 2.30. The molecule has 1 N–H and O–H groups in total. The van der Waals surface area contributed by atoms with Gasteiger partial charge >= 0.3 is 0 Å². The fraction of sp³-hybridized carbons (Fsp3) is 0.308. The number of carbonyl (C=O) groups excluding carboxylic acids is 2. The molecule has 3 unspecified atom stereocenters. The molecule has 148 valence electrons. The van der Waals surface area contributed by atoms with Gasteiger partial charge in [-0.2, -0.15) is 0 Å². The highest BCUT2D eigenvalue weighted by atomic mass is 16.3. The van der Waals surface area contributed by atoms with Gasteiger partial charge in [-0.15, -0.1) is 0 Å². The molecule has 29 heavy (non-hydrogen) atoms. The summed E-state index contributed by atoms with van der Waals surface area (Å²) in [5.74, 6) is -0.0600. The lowest BCUT2D eigenvalue weighted by atomic mass is 9.45. The molecule has 4 rings (SSSR count). The number of Topliss-reactive ketones (excluding diaryl/α,β-unsaturated/α-hetero) is 2. The first-order chi connectivity index (χ1) is 13.7. The maximum atomic E-state index is 13.8. The van der Waals surface area contributed by atoms with Gasteiger partial charge in [-0.25, -0.2) is 0 Å². The molecular weight excluding hydrogens is 360 g/mol. The molecule has 0 radical (unpaired) electrons. The smallest absolute Gasteiger partial charge is 0.166 e. The lowest BCUT2D eigenvalue weighted by Crippen LogP contribution is -2.57. The normalized spacial score (nSPS) is 29.7. The molecule has 0 aliphatic heterocycles. The fourth-order valence-corrected chi connectivity index (χ4v) is 5.41. The number of aromatic hydroxyl groups is 1. The number of benzene rings is 2. The summed E-state index contributed by atoms with van der Waals surface area (Å²) in [5.41, 5.74) is 1.24. The number of fused-ring (bicyclic) bond motifs is 2. The van der Waals surface area contributed by atoms with Gasteiger partial charge in [0.05, 0.1) is 5.41 Å². The van der Waals surface area contributed by atoms with Gasteiger partial charge in [0.25, 0.3) is 0 Å². The van der Waals surface area contributed by atoms with Crippen LogP contribution in [0.4, 0.5) is 0 Å². The van der Waals surface area contributed by atoms with Gasteiger partial charge in [0, 0.05) is 16.7 Å². The number of hydrogen-bond donors (Lipinski definition) is 1. The summed E-state index contributed by atoms with van der Waals surface area (Å²) in [6.07, 6.45) is 4.36. The summed E-state index contributed by atoms with van der Waals surface area (Å²) in [7, 11) is 0. The Labute approximate surface area is 171 Å². The van der Waals surface area contributed by atoms with Crippen molar-refractivity contribution in [2.45, 2.75) is 40.0 Å². The first-order valence-electron chi connectivity index (χ1n) is 9.98. The van der Waals surface area contributed by atoms with Gasteiger partial charge in [0.15, 0.2) is 11.6 Å². The Morgan fingerprint density at radius 3 is 2.28 bits per heavy atom. The lowest BCUT2D eigenvalue weighted by Gasteiger charge is -2.54. The standard InChI is InChI=1S/C26H26O3/c1-6-17-13-14-25(4)23(28)15(2)16(3)24(29)26(25,5)22(17)20-11-12-21(27)19-10-8-7-9-18(19)20/h6-13,22,27H,1,14H2,2-5H3. The molecule has 0 bridgehead atoms. The summed E-state index contributed by atoms with van der Waals surface area (Å²) < 4.78 is 0. The van der Waals surface area contributed by atoms with Crippen LogP contribution in [0.5, 0.6) is 5.75 Å². The number of rotatable bonds is 2. The SMILES string of the molecule is C=CC1=CCC2(C)C(=O)C(C)=C(C)C(=O)C2(C)C1c1ccc(O)c2ccccc12. The summed E-state index contributed by atoms with van der Waals surface area (Å²) >= 11 is 0. The van der Waals surface area contributed by atoms with Crippen LogP contribution in [0.15, 0.2) is 71.8 Å². The van der Waals surface area contributed by atoms with E-state index < -0.39 is 10.8 Å². The third-order valence-electron chi connectivity index (χ3n) is 7.50. The van der Waals surface area contributed by atoms with Crippen LogP contribution in [0.25, 0.3) is 10.8 Å². The van der Waals surface area contributed by atoms with Gasteiger partial charge in [-0.05, 0) is 54.0 Å². The molecular formula is C26H26O3. The molecule has 3 atom stereocenters. The van der Waals surface area contributed by atoms with Crippen molar-refractivity contribution in [1.82, 2.24) is 0 Å². The number of carbonyl (C=O) groups is 2. The molecule has 2 aromatic rings. The minimum atomic E-state index is -0.939. The number of allylic oxidation sites excluding steroid dienone is 5. The van der Waals surface area contributed by atoms with Crippen LogP contribution >= 0.6 is 0 Å². The predicted molar refractivity (Wildman–Crippen MR) is 116 cm³/mol. The van der Waals surface area contributed by atoms with Crippen LogP contribution < -0.4 is 0 Å². The van der Waals surface area contributed by atoms with E-state index in [9.17, 15) is 14.7 Å². The third-order valence-corrected chi connectivity index (χ3v) is 7.50. The van der Waals surface area contributed by atoms with Crippen LogP contribution in [0.1, 0.15) is 45.6 Å². The topological polar surface area (TPSA) is 54.4 Å². The minimum Gasteiger partial charge on any atom is -0.507 e. The van der Waals surface area contributed by atoms with Crippen LogP contribution in [-0.2, 0) is 9.59 Å². The molecule has 2 aliphatic carbocycles. The Morgan fingerprint density at radius 1 is 1.00 bits per heavy atom.